The Morgan fingerprint density at radius 3 is 2.43 bits per heavy atom. The van der Waals surface area contributed by atoms with Gasteiger partial charge in [-0.1, -0.05) is 29.8 Å². The molecule has 1 aromatic carbocycles. The van der Waals surface area contributed by atoms with E-state index in [0.717, 1.165) is 11.5 Å². The van der Waals surface area contributed by atoms with Crippen LogP contribution in [-0.2, 0) is 9.59 Å². The molecule has 0 aliphatic carbocycles. The number of anilines is 2. The lowest BCUT2D eigenvalue weighted by Gasteiger charge is -2.35. The molecule has 0 N–H and O–H groups in total. The summed E-state index contributed by atoms with van der Waals surface area (Å²) in [4.78, 5) is 35.1. The van der Waals surface area contributed by atoms with E-state index in [9.17, 15) is 9.59 Å². The highest BCUT2D eigenvalue weighted by atomic mass is 35.5. The Labute approximate surface area is 181 Å². The molecule has 1 saturated heterocycles. The SMILES string of the molecule is N#CCCN(C(=O)CCC(=O)N1CCN(c2ccc(Cl)cn2)CC1)c1ccccc1. The summed E-state index contributed by atoms with van der Waals surface area (Å²) < 4.78 is 0. The number of amides is 2. The van der Waals surface area contributed by atoms with Crippen molar-refractivity contribution in [1.29, 1.82) is 5.26 Å². The number of piperazine rings is 1. The first kappa shape index (κ1) is 21.6. The first-order chi connectivity index (χ1) is 14.6. The highest BCUT2D eigenvalue weighted by Crippen LogP contribution is 2.18. The van der Waals surface area contributed by atoms with Crippen LogP contribution in [0.15, 0.2) is 48.7 Å². The van der Waals surface area contributed by atoms with Gasteiger partial charge in [0.05, 0.1) is 17.5 Å². The summed E-state index contributed by atoms with van der Waals surface area (Å²) in [6, 6.07) is 15.0. The van der Waals surface area contributed by atoms with Gasteiger partial charge in [-0.05, 0) is 24.3 Å². The van der Waals surface area contributed by atoms with Gasteiger partial charge in [0.25, 0.3) is 0 Å². The van der Waals surface area contributed by atoms with Crippen molar-refractivity contribution in [2.24, 2.45) is 0 Å². The van der Waals surface area contributed by atoms with Crippen LogP contribution in [0.1, 0.15) is 19.3 Å². The van der Waals surface area contributed by atoms with Crippen LogP contribution in [0, 0.1) is 11.3 Å². The molecular formula is C22H24ClN5O2. The zero-order valence-corrected chi connectivity index (χ0v) is 17.5. The molecule has 1 aliphatic heterocycles. The van der Waals surface area contributed by atoms with Gasteiger partial charge in [0.1, 0.15) is 5.82 Å². The number of para-hydroxylation sites is 1. The van der Waals surface area contributed by atoms with E-state index in [0.29, 0.717) is 37.7 Å². The molecule has 2 amide bonds. The van der Waals surface area contributed by atoms with E-state index in [1.807, 2.05) is 36.4 Å². The molecule has 2 heterocycles. The summed E-state index contributed by atoms with van der Waals surface area (Å²) in [6.45, 7) is 2.88. The van der Waals surface area contributed by atoms with Gasteiger partial charge in [0.15, 0.2) is 0 Å². The number of rotatable bonds is 7. The number of aromatic nitrogens is 1. The summed E-state index contributed by atoms with van der Waals surface area (Å²) >= 11 is 5.88. The van der Waals surface area contributed by atoms with Gasteiger partial charge >= 0.3 is 0 Å². The Bertz CT molecular complexity index is 890. The molecule has 0 unspecified atom stereocenters. The highest BCUT2D eigenvalue weighted by Gasteiger charge is 2.23. The Balaban J connectivity index is 1.50. The Morgan fingerprint density at radius 1 is 1.07 bits per heavy atom. The van der Waals surface area contributed by atoms with E-state index >= 15 is 0 Å². The molecule has 7 nitrogen and oxygen atoms in total. The number of hydrogen-bond donors (Lipinski definition) is 0. The number of hydrogen-bond acceptors (Lipinski definition) is 5. The molecule has 1 aromatic heterocycles. The van der Waals surface area contributed by atoms with Gasteiger partial charge in [-0.2, -0.15) is 5.26 Å². The molecule has 0 saturated carbocycles. The van der Waals surface area contributed by atoms with E-state index in [-0.39, 0.29) is 31.1 Å². The van der Waals surface area contributed by atoms with E-state index in [1.54, 1.807) is 22.1 Å². The highest BCUT2D eigenvalue weighted by molar-refractivity contribution is 6.30. The smallest absolute Gasteiger partial charge is 0.227 e. The summed E-state index contributed by atoms with van der Waals surface area (Å²) in [7, 11) is 0. The second-order valence-electron chi connectivity index (χ2n) is 6.99. The van der Waals surface area contributed by atoms with Gasteiger partial charge in [-0.15, -0.1) is 0 Å². The zero-order valence-electron chi connectivity index (χ0n) is 16.7. The van der Waals surface area contributed by atoms with Crippen LogP contribution >= 0.6 is 11.6 Å². The van der Waals surface area contributed by atoms with Gasteiger partial charge in [-0.3, -0.25) is 9.59 Å². The molecule has 8 heteroatoms. The predicted molar refractivity (Wildman–Crippen MR) is 116 cm³/mol. The number of benzene rings is 1. The number of nitriles is 1. The fraction of sp³-hybridized carbons (Fsp3) is 0.364. The average molecular weight is 426 g/mol. The molecule has 0 spiro atoms. The fourth-order valence-corrected chi connectivity index (χ4v) is 3.53. The Hall–Kier alpha value is -3.11. The number of carbonyl (C=O) groups excluding carboxylic acids is 2. The molecule has 2 aromatic rings. The van der Waals surface area contributed by atoms with Crippen molar-refractivity contribution < 1.29 is 9.59 Å². The zero-order chi connectivity index (χ0) is 21.3. The molecule has 30 heavy (non-hydrogen) atoms. The number of nitrogens with zero attached hydrogens (tertiary/aromatic N) is 5. The van der Waals surface area contributed by atoms with Crippen molar-refractivity contribution in [3.63, 3.8) is 0 Å². The number of pyridine rings is 1. The first-order valence-corrected chi connectivity index (χ1v) is 10.3. The Morgan fingerprint density at radius 2 is 1.80 bits per heavy atom. The third-order valence-electron chi connectivity index (χ3n) is 5.04. The fourth-order valence-electron chi connectivity index (χ4n) is 3.41. The minimum Gasteiger partial charge on any atom is -0.353 e. The monoisotopic (exact) mass is 425 g/mol. The van der Waals surface area contributed by atoms with Crippen molar-refractivity contribution in [3.05, 3.63) is 53.7 Å². The summed E-state index contributed by atoms with van der Waals surface area (Å²) in [5.74, 6) is 0.673. The Kier molecular flexibility index (Phi) is 7.63. The van der Waals surface area contributed by atoms with Crippen LogP contribution in [0.2, 0.25) is 5.02 Å². The van der Waals surface area contributed by atoms with Crippen molar-refractivity contribution in [1.82, 2.24) is 9.88 Å². The van der Waals surface area contributed by atoms with Crippen molar-refractivity contribution in [2.75, 3.05) is 42.5 Å². The molecule has 1 aliphatic rings. The third kappa shape index (κ3) is 5.71. The lowest BCUT2D eigenvalue weighted by Crippen LogP contribution is -2.49. The van der Waals surface area contributed by atoms with Gasteiger partial charge < -0.3 is 14.7 Å². The van der Waals surface area contributed by atoms with Gasteiger partial charge in [0, 0.05) is 57.4 Å². The molecule has 0 atom stereocenters. The van der Waals surface area contributed by atoms with Crippen molar-refractivity contribution >= 4 is 34.9 Å². The largest absolute Gasteiger partial charge is 0.353 e. The number of halogens is 1. The second-order valence-corrected chi connectivity index (χ2v) is 7.43. The minimum atomic E-state index is -0.145. The molecule has 0 bridgehead atoms. The second kappa shape index (κ2) is 10.6. The van der Waals surface area contributed by atoms with Crippen LogP contribution in [0.25, 0.3) is 0 Å². The molecule has 3 rings (SSSR count). The summed E-state index contributed by atoms with van der Waals surface area (Å²) in [5, 5.41) is 9.48. The lowest BCUT2D eigenvalue weighted by molar-refractivity contribution is -0.133. The maximum atomic E-state index is 12.7. The molecule has 1 fully saturated rings. The quantitative estimate of drug-likeness (QED) is 0.680. The standard InChI is InChI=1S/C22H24ClN5O2/c23-18-7-8-20(25-17-18)26-13-15-27(16-14-26)21(29)9-10-22(30)28(12-4-11-24)19-5-2-1-3-6-19/h1-3,5-8,17H,4,9-10,12-16H2. The number of carbonyl (C=O) groups is 2. The van der Waals surface area contributed by atoms with Crippen molar-refractivity contribution in [3.8, 4) is 6.07 Å². The van der Waals surface area contributed by atoms with E-state index in [4.69, 9.17) is 16.9 Å². The average Bonchev–Trinajstić information content (AvgIpc) is 2.79. The molecule has 0 radical (unpaired) electrons. The van der Waals surface area contributed by atoms with Crippen LogP contribution in [0.3, 0.4) is 0 Å². The van der Waals surface area contributed by atoms with Crippen LogP contribution in [-0.4, -0.2) is 54.4 Å². The predicted octanol–water partition coefficient (Wildman–Crippen LogP) is 3.11. The third-order valence-corrected chi connectivity index (χ3v) is 5.26. The van der Waals surface area contributed by atoms with Crippen molar-refractivity contribution in [2.45, 2.75) is 19.3 Å². The van der Waals surface area contributed by atoms with E-state index < -0.39 is 0 Å². The van der Waals surface area contributed by atoms with E-state index in [2.05, 4.69) is 16.0 Å². The minimum absolute atomic E-state index is 0.0274. The van der Waals surface area contributed by atoms with Gasteiger partial charge in [0.2, 0.25) is 11.8 Å². The van der Waals surface area contributed by atoms with Crippen LogP contribution < -0.4 is 9.80 Å². The van der Waals surface area contributed by atoms with Crippen LogP contribution in [0.5, 0.6) is 0 Å². The lowest BCUT2D eigenvalue weighted by atomic mass is 10.2. The summed E-state index contributed by atoms with van der Waals surface area (Å²) in [5.41, 5.74) is 0.745. The summed E-state index contributed by atoms with van der Waals surface area (Å²) in [6.07, 6.45) is 2.14. The van der Waals surface area contributed by atoms with E-state index in [1.165, 1.54) is 0 Å². The molecular weight excluding hydrogens is 402 g/mol. The maximum Gasteiger partial charge on any atom is 0.227 e. The normalized spacial score (nSPS) is 13.6. The van der Waals surface area contributed by atoms with Crippen LogP contribution in [0.4, 0.5) is 11.5 Å². The van der Waals surface area contributed by atoms with Gasteiger partial charge in [-0.25, -0.2) is 4.98 Å². The molecule has 156 valence electrons. The maximum absolute atomic E-state index is 12.7. The topological polar surface area (TPSA) is 80.5 Å². The first-order valence-electron chi connectivity index (χ1n) is 9.95.